The summed E-state index contributed by atoms with van der Waals surface area (Å²) in [6, 6.07) is 10.3. The molecule has 0 bridgehead atoms. The zero-order valence-electron chi connectivity index (χ0n) is 12.9. The maximum absolute atomic E-state index is 12.0. The molecule has 0 aliphatic rings. The van der Waals surface area contributed by atoms with E-state index < -0.39 is 14.2 Å². The molecular weight excluding hydrogens is 268 g/mol. The highest BCUT2D eigenvalue weighted by molar-refractivity contribution is 6.91. The second-order valence-electron chi connectivity index (χ2n) is 5.32. The molecule has 0 saturated heterocycles. The maximum atomic E-state index is 12.0. The summed E-state index contributed by atoms with van der Waals surface area (Å²) < 4.78 is 10.3. The number of allylic oxidation sites excluding steroid dienone is 1. The van der Waals surface area contributed by atoms with Gasteiger partial charge in [0, 0.05) is 12.7 Å². The minimum Gasteiger partial charge on any atom is -0.467 e. The van der Waals surface area contributed by atoms with Crippen LogP contribution in [0.1, 0.15) is 6.92 Å². The minimum atomic E-state index is -1.91. The second kappa shape index (κ2) is 7.41. The van der Waals surface area contributed by atoms with Crippen molar-refractivity contribution in [1.82, 2.24) is 0 Å². The number of carbonyl (C=O) groups is 1. The van der Waals surface area contributed by atoms with E-state index in [0.29, 0.717) is 0 Å². The van der Waals surface area contributed by atoms with Crippen LogP contribution in [0.3, 0.4) is 0 Å². The van der Waals surface area contributed by atoms with Crippen molar-refractivity contribution >= 4 is 19.2 Å². The van der Waals surface area contributed by atoms with Crippen LogP contribution >= 0.6 is 0 Å². The van der Waals surface area contributed by atoms with Crippen molar-refractivity contribution < 1.29 is 14.3 Å². The Morgan fingerprint density at radius 2 is 1.80 bits per heavy atom. The van der Waals surface area contributed by atoms with E-state index in [1.807, 2.05) is 31.2 Å². The molecule has 0 fully saturated rings. The van der Waals surface area contributed by atoms with Crippen molar-refractivity contribution in [3.8, 4) is 0 Å². The summed E-state index contributed by atoms with van der Waals surface area (Å²) >= 11 is 0. The van der Waals surface area contributed by atoms with Gasteiger partial charge in [-0.25, -0.2) is 4.79 Å². The molecule has 20 heavy (non-hydrogen) atoms. The zero-order chi connectivity index (χ0) is 15.2. The van der Waals surface area contributed by atoms with Gasteiger partial charge in [-0.3, -0.25) is 0 Å². The van der Waals surface area contributed by atoms with Crippen molar-refractivity contribution in [3.05, 3.63) is 42.5 Å². The largest absolute Gasteiger partial charge is 0.467 e. The summed E-state index contributed by atoms with van der Waals surface area (Å²) in [5.74, 6) is -0.313. The van der Waals surface area contributed by atoms with Gasteiger partial charge in [-0.15, -0.1) is 0 Å². The van der Waals surface area contributed by atoms with Gasteiger partial charge in [-0.1, -0.05) is 60.8 Å². The normalized spacial score (nSPS) is 15.1. The molecule has 0 aliphatic carbocycles. The molecular formula is C16H24O3Si. The highest BCUT2D eigenvalue weighted by Crippen LogP contribution is 2.29. The highest BCUT2D eigenvalue weighted by Gasteiger charge is 2.41. The van der Waals surface area contributed by atoms with Gasteiger partial charge >= 0.3 is 5.97 Å². The van der Waals surface area contributed by atoms with Crippen molar-refractivity contribution in [2.45, 2.75) is 31.7 Å². The van der Waals surface area contributed by atoms with Crippen LogP contribution in [-0.2, 0) is 14.3 Å². The Bertz CT molecular complexity index is 454. The molecule has 0 spiro atoms. The van der Waals surface area contributed by atoms with Crippen molar-refractivity contribution in [3.63, 3.8) is 0 Å². The highest BCUT2D eigenvalue weighted by atomic mass is 28.3. The summed E-state index contributed by atoms with van der Waals surface area (Å²) in [7, 11) is 1.06. The topological polar surface area (TPSA) is 35.5 Å². The Morgan fingerprint density at radius 1 is 1.20 bits per heavy atom. The third-order valence-corrected chi connectivity index (χ3v) is 7.75. The Hall–Kier alpha value is -1.39. The molecule has 0 amide bonds. The summed E-state index contributed by atoms with van der Waals surface area (Å²) in [6.07, 6.45) is 3.50. The van der Waals surface area contributed by atoms with Gasteiger partial charge in [0.05, 0.1) is 15.2 Å². The van der Waals surface area contributed by atoms with Gasteiger partial charge in [0.1, 0.15) is 0 Å². The smallest absolute Gasteiger partial charge is 0.335 e. The number of hydrogen-bond acceptors (Lipinski definition) is 3. The second-order valence-corrected chi connectivity index (χ2v) is 10.0. The maximum Gasteiger partial charge on any atom is 0.335 e. The van der Waals surface area contributed by atoms with E-state index in [1.165, 1.54) is 12.3 Å². The molecule has 2 atom stereocenters. The number of carbonyl (C=O) groups excluding carboxylic acids is 1. The van der Waals surface area contributed by atoms with Gasteiger partial charge in [0.25, 0.3) is 0 Å². The van der Waals surface area contributed by atoms with E-state index >= 15 is 0 Å². The fourth-order valence-electron chi connectivity index (χ4n) is 2.49. The molecule has 0 radical (unpaired) electrons. The van der Waals surface area contributed by atoms with Gasteiger partial charge in [-0.05, 0) is 6.92 Å². The van der Waals surface area contributed by atoms with Gasteiger partial charge < -0.3 is 9.47 Å². The summed E-state index contributed by atoms with van der Waals surface area (Å²) in [5, 5.41) is 1.30. The Labute approximate surface area is 122 Å². The standard InChI is InChI=1S/C16H24O3Si/c1-6-10-14(15(18-2)16(17)19-3)20(4,5)13-11-8-7-9-12-13/h6-12,14-15H,1-5H3/b10-6+/t14-,15-/m1/s1. The first-order valence-corrected chi connectivity index (χ1v) is 9.85. The van der Waals surface area contributed by atoms with E-state index in [1.54, 1.807) is 7.11 Å². The fourth-order valence-corrected chi connectivity index (χ4v) is 5.63. The quantitative estimate of drug-likeness (QED) is 0.459. The lowest BCUT2D eigenvalue weighted by atomic mass is 10.2. The van der Waals surface area contributed by atoms with Crippen LogP contribution < -0.4 is 5.19 Å². The van der Waals surface area contributed by atoms with Crippen LogP contribution in [0.2, 0.25) is 18.6 Å². The predicted molar refractivity (Wildman–Crippen MR) is 84.9 cm³/mol. The minimum absolute atomic E-state index is 0.0346. The Morgan fingerprint density at radius 3 is 2.25 bits per heavy atom. The fraction of sp³-hybridized carbons (Fsp3) is 0.438. The van der Waals surface area contributed by atoms with Gasteiger partial charge in [0.2, 0.25) is 0 Å². The van der Waals surface area contributed by atoms with Crippen LogP contribution in [0.4, 0.5) is 0 Å². The van der Waals surface area contributed by atoms with Crippen molar-refractivity contribution in [1.29, 1.82) is 0 Å². The molecule has 0 heterocycles. The molecule has 0 unspecified atom stereocenters. The third-order valence-electron chi connectivity index (χ3n) is 3.76. The van der Waals surface area contributed by atoms with Gasteiger partial charge in [0.15, 0.2) is 6.10 Å². The average molecular weight is 292 g/mol. The van der Waals surface area contributed by atoms with Crippen LogP contribution in [0.5, 0.6) is 0 Å². The summed E-state index contributed by atoms with van der Waals surface area (Å²) in [4.78, 5) is 12.0. The molecule has 110 valence electrons. The molecule has 0 N–H and O–H groups in total. The number of esters is 1. The van der Waals surface area contributed by atoms with Crippen LogP contribution in [-0.4, -0.2) is 34.4 Å². The first kappa shape index (κ1) is 16.7. The van der Waals surface area contributed by atoms with E-state index in [4.69, 9.17) is 9.47 Å². The number of methoxy groups -OCH3 is 2. The van der Waals surface area contributed by atoms with Crippen LogP contribution in [0, 0.1) is 0 Å². The third kappa shape index (κ3) is 3.58. The zero-order valence-corrected chi connectivity index (χ0v) is 13.9. The van der Waals surface area contributed by atoms with Crippen LogP contribution in [0.15, 0.2) is 42.5 Å². The molecule has 3 nitrogen and oxygen atoms in total. The van der Waals surface area contributed by atoms with Gasteiger partial charge in [-0.2, -0.15) is 0 Å². The monoisotopic (exact) mass is 292 g/mol. The first-order chi connectivity index (χ1) is 9.48. The van der Waals surface area contributed by atoms with Crippen LogP contribution in [0.25, 0.3) is 0 Å². The van der Waals surface area contributed by atoms with E-state index in [0.717, 1.165) is 0 Å². The van der Waals surface area contributed by atoms with E-state index in [9.17, 15) is 4.79 Å². The molecule has 0 aromatic heterocycles. The summed E-state index contributed by atoms with van der Waals surface area (Å²) in [6.45, 7) is 6.47. The molecule has 1 aromatic rings. The lowest BCUT2D eigenvalue weighted by Gasteiger charge is -2.34. The summed E-state index contributed by atoms with van der Waals surface area (Å²) in [5.41, 5.74) is 0.0346. The molecule has 0 saturated carbocycles. The lowest BCUT2D eigenvalue weighted by molar-refractivity contribution is -0.152. The number of ether oxygens (including phenoxy) is 2. The number of benzene rings is 1. The van der Waals surface area contributed by atoms with E-state index in [2.05, 4.69) is 31.3 Å². The first-order valence-electron chi connectivity index (χ1n) is 6.78. The number of hydrogen-bond donors (Lipinski definition) is 0. The molecule has 0 aliphatic heterocycles. The van der Waals surface area contributed by atoms with Crippen molar-refractivity contribution in [2.24, 2.45) is 0 Å². The predicted octanol–water partition coefficient (Wildman–Crippen LogP) is 2.74. The van der Waals surface area contributed by atoms with Crippen molar-refractivity contribution in [2.75, 3.05) is 14.2 Å². The molecule has 4 heteroatoms. The lowest BCUT2D eigenvalue weighted by Crippen LogP contribution is -2.51. The number of rotatable bonds is 6. The Kier molecular flexibility index (Phi) is 6.17. The SMILES string of the molecule is C/C=C/[C@H]([C@@H](OC)C(=O)OC)[Si](C)(C)c1ccccc1. The Balaban J connectivity index is 3.21. The molecule has 1 aromatic carbocycles. The average Bonchev–Trinajstić information content (AvgIpc) is 2.47. The molecule has 1 rings (SSSR count). The van der Waals surface area contributed by atoms with E-state index in [-0.39, 0.29) is 11.5 Å².